The molecule has 1 aromatic rings. The maximum absolute atomic E-state index is 4.45. The first-order valence-corrected chi connectivity index (χ1v) is 6.64. The van der Waals surface area contributed by atoms with E-state index in [2.05, 4.69) is 35.4 Å². The van der Waals surface area contributed by atoms with Crippen molar-refractivity contribution in [2.24, 2.45) is 11.8 Å². The van der Waals surface area contributed by atoms with Crippen LogP contribution in [0.15, 0.2) is 18.3 Å². The Balaban J connectivity index is 1.78. The Morgan fingerprint density at radius 2 is 1.88 bits per heavy atom. The number of pyridine rings is 1. The van der Waals surface area contributed by atoms with Crippen molar-refractivity contribution in [3.8, 4) is 0 Å². The minimum absolute atomic E-state index is 0.692. The molecule has 1 aromatic heterocycles. The van der Waals surface area contributed by atoms with Crippen LogP contribution in [0.2, 0.25) is 0 Å². The van der Waals surface area contributed by atoms with Crippen LogP contribution in [0.25, 0.3) is 0 Å². The van der Waals surface area contributed by atoms with Crippen LogP contribution in [0.4, 0.5) is 11.5 Å². The van der Waals surface area contributed by atoms with Crippen LogP contribution in [0.5, 0.6) is 0 Å². The third-order valence-electron chi connectivity index (χ3n) is 3.79. The summed E-state index contributed by atoms with van der Waals surface area (Å²) in [6.45, 7) is 0. The molecule has 0 atom stereocenters. The van der Waals surface area contributed by atoms with Gasteiger partial charge in [-0.1, -0.05) is 0 Å². The van der Waals surface area contributed by atoms with Crippen molar-refractivity contribution in [2.75, 3.05) is 24.3 Å². The van der Waals surface area contributed by atoms with E-state index in [1.54, 1.807) is 0 Å². The predicted molar refractivity (Wildman–Crippen MR) is 71.4 cm³/mol. The number of nitrogens with zero attached hydrogens (tertiary/aromatic N) is 2. The van der Waals surface area contributed by atoms with E-state index in [1.165, 1.54) is 31.4 Å². The van der Waals surface area contributed by atoms with Gasteiger partial charge in [0.15, 0.2) is 5.82 Å². The third kappa shape index (κ3) is 2.38. The molecule has 0 aliphatic heterocycles. The number of rotatable bonds is 5. The fourth-order valence-corrected chi connectivity index (χ4v) is 2.58. The fraction of sp³-hybridized carbons (Fsp3) is 0.643. The van der Waals surface area contributed by atoms with Gasteiger partial charge in [-0.15, -0.1) is 0 Å². The SMILES string of the molecule is CN(C)c1ncccc1NC(C1CC1)C1CC1. The minimum Gasteiger partial charge on any atom is -0.379 e. The highest BCUT2D eigenvalue weighted by Crippen LogP contribution is 2.46. The van der Waals surface area contributed by atoms with E-state index in [0.29, 0.717) is 6.04 Å². The van der Waals surface area contributed by atoms with E-state index in [9.17, 15) is 0 Å². The summed E-state index contributed by atoms with van der Waals surface area (Å²) < 4.78 is 0. The van der Waals surface area contributed by atoms with Gasteiger partial charge in [-0.05, 0) is 49.7 Å². The second-order valence-corrected chi connectivity index (χ2v) is 5.61. The summed E-state index contributed by atoms with van der Waals surface area (Å²) in [7, 11) is 4.10. The predicted octanol–water partition coefficient (Wildman–Crippen LogP) is 2.75. The number of hydrogen-bond acceptors (Lipinski definition) is 3. The van der Waals surface area contributed by atoms with Gasteiger partial charge in [0, 0.05) is 26.3 Å². The van der Waals surface area contributed by atoms with Gasteiger partial charge < -0.3 is 10.2 Å². The Kier molecular flexibility index (Phi) is 2.69. The molecule has 2 aliphatic rings. The molecule has 0 saturated heterocycles. The molecule has 2 saturated carbocycles. The van der Waals surface area contributed by atoms with E-state index in [0.717, 1.165) is 17.7 Å². The first kappa shape index (κ1) is 10.9. The zero-order chi connectivity index (χ0) is 11.8. The molecule has 2 fully saturated rings. The van der Waals surface area contributed by atoms with Crippen LogP contribution >= 0.6 is 0 Å². The molecular weight excluding hydrogens is 210 g/mol. The Morgan fingerprint density at radius 1 is 1.24 bits per heavy atom. The minimum atomic E-state index is 0.692. The smallest absolute Gasteiger partial charge is 0.151 e. The molecule has 0 bridgehead atoms. The molecule has 17 heavy (non-hydrogen) atoms. The normalized spacial score (nSPS) is 19.5. The summed E-state index contributed by atoms with van der Waals surface area (Å²) in [5.74, 6) is 2.88. The molecule has 0 amide bonds. The van der Waals surface area contributed by atoms with E-state index < -0.39 is 0 Å². The van der Waals surface area contributed by atoms with E-state index in [1.807, 2.05) is 12.3 Å². The topological polar surface area (TPSA) is 28.2 Å². The van der Waals surface area contributed by atoms with Crippen LogP contribution in [0.1, 0.15) is 25.7 Å². The van der Waals surface area contributed by atoms with Crippen molar-refractivity contribution in [3.05, 3.63) is 18.3 Å². The zero-order valence-corrected chi connectivity index (χ0v) is 10.7. The zero-order valence-electron chi connectivity index (χ0n) is 10.7. The number of hydrogen-bond donors (Lipinski definition) is 1. The fourth-order valence-electron chi connectivity index (χ4n) is 2.58. The highest BCUT2D eigenvalue weighted by atomic mass is 15.2. The quantitative estimate of drug-likeness (QED) is 0.844. The monoisotopic (exact) mass is 231 g/mol. The standard InChI is InChI=1S/C14H21N3/c1-17(2)14-12(4-3-9-15-14)16-13(10-5-6-10)11-7-8-11/h3-4,9-11,13,16H,5-8H2,1-2H3. The molecule has 1 N–H and O–H groups in total. The van der Waals surface area contributed by atoms with Crippen molar-refractivity contribution in [1.29, 1.82) is 0 Å². The lowest BCUT2D eigenvalue weighted by molar-refractivity contribution is 0.567. The van der Waals surface area contributed by atoms with Crippen LogP contribution in [0.3, 0.4) is 0 Å². The summed E-state index contributed by atoms with van der Waals surface area (Å²) in [5.41, 5.74) is 1.20. The average molecular weight is 231 g/mol. The molecule has 0 spiro atoms. The summed E-state index contributed by atoms with van der Waals surface area (Å²) in [5, 5.41) is 3.75. The first-order valence-electron chi connectivity index (χ1n) is 6.64. The molecular formula is C14H21N3. The number of anilines is 2. The van der Waals surface area contributed by atoms with Gasteiger partial charge in [0.05, 0.1) is 5.69 Å². The van der Waals surface area contributed by atoms with Gasteiger partial charge in [-0.3, -0.25) is 0 Å². The average Bonchev–Trinajstić information content (AvgIpc) is 3.16. The molecule has 3 heteroatoms. The van der Waals surface area contributed by atoms with Crippen molar-refractivity contribution in [1.82, 2.24) is 4.98 Å². The van der Waals surface area contributed by atoms with Gasteiger partial charge in [0.1, 0.15) is 0 Å². The lowest BCUT2D eigenvalue weighted by Gasteiger charge is -2.23. The summed E-state index contributed by atoms with van der Waals surface area (Å²) in [6, 6.07) is 4.87. The third-order valence-corrected chi connectivity index (χ3v) is 3.79. The van der Waals surface area contributed by atoms with Gasteiger partial charge in [0.2, 0.25) is 0 Å². The Labute approximate surface area is 103 Å². The molecule has 3 rings (SSSR count). The summed E-state index contributed by atoms with van der Waals surface area (Å²) >= 11 is 0. The number of nitrogens with one attached hydrogen (secondary N) is 1. The lowest BCUT2D eigenvalue weighted by Crippen LogP contribution is -2.26. The van der Waals surface area contributed by atoms with Crippen LogP contribution in [-0.4, -0.2) is 25.1 Å². The Bertz CT molecular complexity index is 382. The van der Waals surface area contributed by atoms with Gasteiger partial charge in [0.25, 0.3) is 0 Å². The van der Waals surface area contributed by atoms with Gasteiger partial charge >= 0.3 is 0 Å². The largest absolute Gasteiger partial charge is 0.379 e. The lowest BCUT2D eigenvalue weighted by atomic mass is 10.1. The highest BCUT2D eigenvalue weighted by molar-refractivity contribution is 5.65. The van der Waals surface area contributed by atoms with Crippen LogP contribution < -0.4 is 10.2 Å². The van der Waals surface area contributed by atoms with E-state index in [-0.39, 0.29) is 0 Å². The molecule has 0 aromatic carbocycles. The van der Waals surface area contributed by atoms with Gasteiger partial charge in [-0.25, -0.2) is 4.98 Å². The molecule has 92 valence electrons. The van der Waals surface area contributed by atoms with Crippen LogP contribution in [0, 0.1) is 11.8 Å². The molecule has 0 radical (unpaired) electrons. The maximum Gasteiger partial charge on any atom is 0.151 e. The van der Waals surface area contributed by atoms with E-state index in [4.69, 9.17) is 0 Å². The molecule has 0 unspecified atom stereocenters. The highest BCUT2D eigenvalue weighted by Gasteiger charge is 2.41. The first-order chi connectivity index (χ1) is 8.25. The van der Waals surface area contributed by atoms with Crippen molar-refractivity contribution >= 4 is 11.5 Å². The summed E-state index contributed by atoms with van der Waals surface area (Å²) in [6.07, 6.45) is 7.50. The molecule has 1 heterocycles. The van der Waals surface area contributed by atoms with Crippen molar-refractivity contribution in [3.63, 3.8) is 0 Å². The Hall–Kier alpha value is -1.25. The second-order valence-electron chi connectivity index (χ2n) is 5.61. The molecule has 3 nitrogen and oxygen atoms in total. The maximum atomic E-state index is 4.45. The van der Waals surface area contributed by atoms with Crippen LogP contribution in [-0.2, 0) is 0 Å². The Morgan fingerprint density at radius 3 is 2.41 bits per heavy atom. The summed E-state index contributed by atoms with van der Waals surface area (Å²) in [4.78, 5) is 6.54. The van der Waals surface area contributed by atoms with E-state index >= 15 is 0 Å². The van der Waals surface area contributed by atoms with Crippen molar-refractivity contribution < 1.29 is 0 Å². The van der Waals surface area contributed by atoms with Gasteiger partial charge in [-0.2, -0.15) is 0 Å². The molecule has 2 aliphatic carbocycles. The second kappa shape index (κ2) is 4.21. The number of aromatic nitrogens is 1. The van der Waals surface area contributed by atoms with Crippen molar-refractivity contribution in [2.45, 2.75) is 31.7 Å².